The number of benzene rings is 1. The molecule has 0 aliphatic heterocycles. The van der Waals surface area contributed by atoms with Gasteiger partial charge in [0.25, 0.3) is 0 Å². The summed E-state index contributed by atoms with van der Waals surface area (Å²) in [5.74, 6) is 0.559. The van der Waals surface area contributed by atoms with Crippen LogP contribution in [0.5, 0.6) is 0 Å². The third-order valence-corrected chi connectivity index (χ3v) is 1.94. The van der Waals surface area contributed by atoms with Gasteiger partial charge in [-0.1, -0.05) is 30.3 Å². The van der Waals surface area contributed by atoms with Crippen molar-refractivity contribution in [2.45, 2.75) is 6.54 Å². The van der Waals surface area contributed by atoms with Gasteiger partial charge in [-0.15, -0.1) is 0 Å². The van der Waals surface area contributed by atoms with Gasteiger partial charge < -0.3 is 10.3 Å². The van der Waals surface area contributed by atoms with E-state index in [0.717, 1.165) is 6.54 Å². The Labute approximate surface area is 76.8 Å². The molecule has 0 spiro atoms. The molecule has 3 heteroatoms. The van der Waals surface area contributed by atoms with Gasteiger partial charge in [-0.05, 0) is 5.56 Å². The minimum atomic E-state index is 0.559. The maximum Gasteiger partial charge on any atom is 0.200 e. The summed E-state index contributed by atoms with van der Waals surface area (Å²) in [4.78, 5) is 3.95. The fraction of sp³-hybridized carbons (Fsp3) is 0.100. The maximum absolute atomic E-state index is 5.64. The predicted molar refractivity (Wildman–Crippen MR) is 52.2 cm³/mol. The molecular formula is C10H11N3. The monoisotopic (exact) mass is 173 g/mol. The second-order valence-electron chi connectivity index (χ2n) is 2.90. The van der Waals surface area contributed by atoms with Gasteiger partial charge >= 0.3 is 0 Å². The van der Waals surface area contributed by atoms with E-state index in [4.69, 9.17) is 5.73 Å². The van der Waals surface area contributed by atoms with Gasteiger partial charge in [0.15, 0.2) is 5.95 Å². The molecule has 0 saturated heterocycles. The van der Waals surface area contributed by atoms with Crippen LogP contribution in [0.1, 0.15) is 5.56 Å². The number of anilines is 1. The van der Waals surface area contributed by atoms with E-state index in [1.807, 2.05) is 29.0 Å². The number of rotatable bonds is 2. The Kier molecular flexibility index (Phi) is 2.00. The van der Waals surface area contributed by atoms with E-state index < -0.39 is 0 Å². The molecule has 2 aromatic rings. The second-order valence-corrected chi connectivity index (χ2v) is 2.90. The molecule has 0 unspecified atom stereocenters. The van der Waals surface area contributed by atoms with E-state index in [0.29, 0.717) is 5.95 Å². The summed E-state index contributed by atoms with van der Waals surface area (Å²) in [5, 5.41) is 0. The summed E-state index contributed by atoms with van der Waals surface area (Å²) in [7, 11) is 0. The Morgan fingerprint density at radius 3 is 2.62 bits per heavy atom. The van der Waals surface area contributed by atoms with E-state index in [-0.39, 0.29) is 0 Å². The van der Waals surface area contributed by atoms with Gasteiger partial charge in [-0.2, -0.15) is 0 Å². The molecular weight excluding hydrogens is 162 g/mol. The number of hydrogen-bond acceptors (Lipinski definition) is 2. The molecule has 0 fully saturated rings. The molecule has 66 valence electrons. The lowest BCUT2D eigenvalue weighted by molar-refractivity contribution is 0.811. The maximum atomic E-state index is 5.64. The zero-order chi connectivity index (χ0) is 9.10. The molecule has 3 nitrogen and oxygen atoms in total. The van der Waals surface area contributed by atoms with Crippen molar-refractivity contribution in [3.8, 4) is 0 Å². The quantitative estimate of drug-likeness (QED) is 0.748. The number of nitrogens with two attached hydrogens (primary N) is 1. The summed E-state index contributed by atoms with van der Waals surface area (Å²) < 4.78 is 1.91. The van der Waals surface area contributed by atoms with Crippen LogP contribution in [0.15, 0.2) is 42.7 Å². The average Bonchev–Trinajstić information content (AvgIpc) is 2.54. The first-order valence-electron chi connectivity index (χ1n) is 4.17. The first-order valence-corrected chi connectivity index (χ1v) is 4.17. The third-order valence-electron chi connectivity index (χ3n) is 1.94. The van der Waals surface area contributed by atoms with Crippen molar-refractivity contribution in [2.24, 2.45) is 0 Å². The van der Waals surface area contributed by atoms with Crippen LogP contribution in [0.25, 0.3) is 0 Å². The van der Waals surface area contributed by atoms with Crippen molar-refractivity contribution in [2.75, 3.05) is 5.73 Å². The summed E-state index contributed by atoms with van der Waals surface area (Å²) in [6.45, 7) is 0.784. The normalized spacial score (nSPS) is 10.2. The van der Waals surface area contributed by atoms with Crippen LogP contribution in [0.4, 0.5) is 5.95 Å². The van der Waals surface area contributed by atoms with E-state index in [9.17, 15) is 0 Å². The molecule has 0 amide bonds. The molecule has 1 heterocycles. The Balaban J connectivity index is 2.20. The minimum absolute atomic E-state index is 0.559. The predicted octanol–water partition coefficient (Wildman–Crippen LogP) is 1.51. The first kappa shape index (κ1) is 7.86. The smallest absolute Gasteiger partial charge is 0.200 e. The molecule has 0 aliphatic rings. The molecule has 0 saturated carbocycles. The van der Waals surface area contributed by atoms with E-state index in [2.05, 4.69) is 17.1 Å². The molecule has 1 aromatic heterocycles. The fourth-order valence-electron chi connectivity index (χ4n) is 1.25. The van der Waals surface area contributed by atoms with Gasteiger partial charge in [-0.3, -0.25) is 0 Å². The Bertz CT molecular complexity index is 378. The van der Waals surface area contributed by atoms with Gasteiger partial charge in [0.05, 0.1) is 6.54 Å². The lowest BCUT2D eigenvalue weighted by Gasteiger charge is -2.03. The highest BCUT2D eigenvalue weighted by molar-refractivity contribution is 5.21. The van der Waals surface area contributed by atoms with Gasteiger partial charge in [0.1, 0.15) is 0 Å². The number of nitrogens with zero attached hydrogens (tertiary/aromatic N) is 2. The van der Waals surface area contributed by atoms with Crippen molar-refractivity contribution in [3.05, 3.63) is 48.3 Å². The topological polar surface area (TPSA) is 43.8 Å². The highest BCUT2D eigenvalue weighted by Crippen LogP contribution is 2.05. The van der Waals surface area contributed by atoms with Crippen molar-refractivity contribution in [1.29, 1.82) is 0 Å². The van der Waals surface area contributed by atoms with Gasteiger partial charge in [-0.25, -0.2) is 4.98 Å². The van der Waals surface area contributed by atoms with Crippen LogP contribution < -0.4 is 5.73 Å². The molecule has 2 N–H and O–H groups in total. The van der Waals surface area contributed by atoms with Crippen molar-refractivity contribution < 1.29 is 0 Å². The van der Waals surface area contributed by atoms with Crippen molar-refractivity contribution in [3.63, 3.8) is 0 Å². The largest absolute Gasteiger partial charge is 0.369 e. The standard InChI is InChI=1S/C10H11N3/c11-10-12-6-7-13(10)8-9-4-2-1-3-5-9/h1-7H,8H2,(H2,11,12). The lowest BCUT2D eigenvalue weighted by atomic mass is 10.2. The molecule has 13 heavy (non-hydrogen) atoms. The average molecular weight is 173 g/mol. The zero-order valence-corrected chi connectivity index (χ0v) is 7.22. The van der Waals surface area contributed by atoms with E-state index in [1.54, 1.807) is 6.20 Å². The van der Waals surface area contributed by atoms with Crippen LogP contribution in [-0.2, 0) is 6.54 Å². The van der Waals surface area contributed by atoms with Crippen LogP contribution >= 0.6 is 0 Å². The Morgan fingerprint density at radius 1 is 1.23 bits per heavy atom. The third kappa shape index (κ3) is 1.69. The van der Waals surface area contributed by atoms with Crippen LogP contribution in [0.3, 0.4) is 0 Å². The summed E-state index contributed by atoms with van der Waals surface area (Å²) >= 11 is 0. The van der Waals surface area contributed by atoms with E-state index >= 15 is 0 Å². The molecule has 0 aliphatic carbocycles. The molecule has 0 atom stereocenters. The van der Waals surface area contributed by atoms with Gasteiger partial charge in [0.2, 0.25) is 0 Å². The van der Waals surface area contributed by atoms with Crippen molar-refractivity contribution >= 4 is 5.95 Å². The van der Waals surface area contributed by atoms with Crippen molar-refractivity contribution in [1.82, 2.24) is 9.55 Å². The summed E-state index contributed by atoms with van der Waals surface area (Å²) in [6.07, 6.45) is 3.58. The molecule has 0 bridgehead atoms. The Hall–Kier alpha value is -1.77. The zero-order valence-electron chi connectivity index (χ0n) is 7.22. The second kappa shape index (κ2) is 3.31. The first-order chi connectivity index (χ1) is 6.36. The molecule has 1 aromatic carbocycles. The summed E-state index contributed by atoms with van der Waals surface area (Å²) in [6, 6.07) is 10.2. The number of imidazole rings is 1. The summed E-state index contributed by atoms with van der Waals surface area (Å²) in [5.41, 5.74) is 6.87. The van der Waals surface area contributed by atoms with Crippen LogP contribution in [0, 0.1) is 0 Å². The molecule has 0 radical (unpaired) electrons. The number of hydrogen-bond donors (Lipinski definition) is 1. The highest BCUT2D eigenvalue weighted by Gasteiger charge is 1.97. The lowest BCUT2D eigenvalue weighted by Crippen LogP contribution is -2.03. The number of nitrogen functional groups attached to an aromatic ring is 1. The van der Waals surface area contributed by atoms with Crippen LogP contribution in [-0.4, -0.2) is 9.55 Å². The molecule has 2 rings (SSSR count). The van der Waals surface area contributed by atoms with Gasteiger partial charge in [0, 0.05) is 12.4 Å². The SMILES string of the molecule is Nc1nccn1Cc1ccccc1. The number of aromatic nitrogens is 2. The minimum Gasteiger partial charge on any atom is -0.369 e. The van der Waals surface area contributed by atoms with E-state index in [1.165, 1.54) is 5.56 Å². The fourth-order valence-corrected chi connectivity index (χ4v) is 1.25. The Morgan fingerprint density at radius 2 is 2.00 bits per heavy atom. The van der Waals surface area contributed by atoms with Crippen LogP contribution in [0.2, 0.25) is 0 Å². The highest BCUT2D eigenvalue weighted by atomic mass is 15.1.